The Labute approximate surface area is 151 Å². The van der Waals surface area contributed by atoms with Crippen molar-refractivity contribution in [1.82, 2.24) is 15.1 Å². The van der Waals surface area contributed by atoms with Gasteiger partial charge in [-0.05, 0) is 56.6 Å². The first-order valence-electron chi connectivity index (χ1n) is 10.1. The first kappa shape index (κ1) is 17.0. The van der Waals surface area contributed by atoms with E-state index in [1.165, 1.54) is 58.4 Å². The molecular weight excluding hydrogens is 310 g/mol. The molecule has 4 heteroatoms. The van der Waals surface area contributed by atoms with Gasteiger partial charge in [0.25, 0.3) is 5.91 Å². The van der Waals surface area contributed by atoms with Crippen molar-refractivity contribution in [3.63, 3.8) is 0 Å². The average molecular weight is 341 g/mol. The van der Waals surface area contributed by atoms with Gasteiger partial charge in [0.15, 0.2) is 0 Å². The number of nitrogens with one attached hydrogen (secondary N) is 1. The van der Waals surface area contributed by atoms with Crippen LogP contribution in [0.25, 0.3) is 0 Å². The second-order valence-electron chi connectivity index (χ2n) is 8.12. The SMILES string of the molecule is O=C(N[C@H]1CC[C@H](N2CCN(CC3CC3)CC2)CC1)c1ccccc1. The lowest BCUT2D eigenvalue weighted by Crippen LogP contribution is -2.52. The van der Waals surface area contributed by atoms with Crippen molar-refractivity contribution in [3.05, 3.63) is 35.9 Å². The molecule has 1 saturated heterocycles. The molecule has 136 valence electrons. The van der Waals surface area contributed by atoms with Crippen molar-refractivity contribution in [2.24, 2.45) is 5.92 Å². The lowest BCUT2D eigenvalue weighted by Gasteiger charge is -2.42. The maximum Gasteiger partial charge on any atom is 0.251 e. The minimum absolute atomic E-state index is 0.0812. The van der Waals surface area contributed by atoms with Gasteiger partial charge < -0.3 is 10.2 Å². The summed E-state index contributed by atoms with van der Waals surface area (Å²) in [7, 11) is 0. The summed E-state index contributed by atoms with van der Waals surface area (Å²) in [6.45, 7) is 6.31. The Bertz CT molecular complexity index is 556. The topological polar surface area (TPSA) is 35.6 Å². The molecule has 2 aliphatic carbocycles. The monoisotopic (exact) mass is 341 g/mol. The fourth-order valence-electron chi connectivity index (χ4n) is 4.42. The van der Waals surface area contributed by atoms with E-state index in [0.29, 0.717) is 6.04 Å². The van der Waals surface area contributed by atoms with Gasteiger partial charge in [0, 0.05) is 50.4 Å². The van der Waals surface area contributed by atoms with Crippen LogP contribution in [0.3, 0.4) is 0 Å². The van der Waals surface area contributed by atoms with Crippen molar-refractivity contribution < 1.29 is 4.79 Å². The lowest BCUT2D eigenvalue weighted by molar-refractivity contribution is 0.0694. The molecule has 0 radical (unpaired) electrons. The highest BCUT2D eigenvalue weighted by Gasteiger charge is 2.31. The molecule has 4 nitrogen and oxygen atoms in total. The molecule has 1 N–H and O–H groups in total. The molecule has 3 fully saturated rings. The molecule has 1 amide bonds. The van der Waals surface area contributed by atoms with E-state index in [-0.39, 0.29) is 5.91 Å². The van der Waals surface area contributed by atoms with Crippen LogP contribution in [-0.4, -0.2) is 60.5 Å². The van der Waals surface area contributed by atoms with Crippen LogP contribution in [0, 0.1) is 5.92 Å². The smallest absolute Gasteiger partial charge is 0.251 e. The van der Waals surface area contributed by atoms with Crippen molar-refractivity contribution >= 4 is 5.91 Å². The Kier molecular flexibility index (Phi) is 5.37. The summed E-state index contributed by atoms with van der Waals surface area (Å²) >= 11 is 0. The number of benzene rings is 1. The third kappa shape index (κ3) is 4.62. The van der Waals surface area contributed by atoms with Crippen LogP contribution >= 0.6 is 0 Å². The van der Waals surface area contributed by atoms with Gasteiger partial charge in [-0.2, -0.15) is 0 Å². The summed E-state index contributed by atoms with van der Waals surface area (Å²) in [5, 5.41) is 3.23. The molecule has 25 heavy (non-hydrogen) atoms. The number of amides is 1. The first-order valence-corrected chi connectivity index (χ1v) is 10.1. The van der Waals surface area contributed by atoms with Gasteiger partial charge in [0.2, 0.25) is 0 Å². The third-order valence-electron chi connectivity index (χ3n) is 6.20. The normalized spacial score (nSPS) is 28.6. The van der Waals surface area contributed by atoms with E-state index in [1.54, 1.807) is 0 Å². The highest BCUT2D eigenvalue weighted by Crippen LogP contribution is 2.30. The molecule has 0 spiro atoms. The zero-order valence-electron chi connectivity index (χ0n) is 15.2. The number of hydrogen-bond donors (Lipinski definition) is 1. The van der Waals surface area contributed by atoms with Crippen LogP contribution in [-0.2, 0) is 0 Å². The van der Waals surface area contributed by atoms with E-state index in [0.717, 1.165) is 30.4 Å². The minimum Gasteiger partial charge on any atom is -0.349 e. The Morgan fingerprint density at radius 3 is 2.24 bits per heavy atom. The number of hydrogen-bond acceptors (Lipinski definition) is 3. The number of nitrogens with zero attached hydrogens (tertiary/aromatic N) is 2. The van der Waals surface area contributed by atoms with Crippen molar-refractivity contribution in [3.8, 4) is 0 Å². The van der Waals surface area contributed by atoms with Gasteiger partial charge in [-0.3, -0.25) is 9.69 Å². The summed E-state index contributed by atoms with van der Waals surface area (Å²) in [5.74, 6) is 1.09. The number of piperazine rings is 1. The van der Waals surface area contributed by atoms with Gasteiger partial charge in [0.1, 0.15) is 0 Å². The maximum absolute atomic E-state index is 12.3. The Morgan fingerprint density at radius 1 is 0.920 bits per heavy atom. The van der Waals surface area contributed by atoms with Crippen molar-refractivity contribution in [2.45, 2.75) is 50.6 Å². The third-order valence-corrected chi connectivity index (χ3v) is 6.20. The van der Waals surface area contributed by atoms with E-state index in [4.69, 9.17) is 0 Å². The Morgan fingerprint density at radius 2 is 1.60 bits per heavy atom. The van der Waals surface area contributed by atoms with E-state index >= 15 is 0 Å². The highest BCUT2D eigenvalue weighted by atomic mass is 16.1. The summed E-state index contributed by atoms with van der Waals surface area (Å²) in [5.41, 5.74) is 0.774. The van der Waals surface area contributed by atoms with Crippen LogP contribution in [0.15, 0.2) is 30.3 Å². The van der Waals surface area contributed by atoms with Gasteiger partial charge in [-0.1, -0.05) is 18.2 Å². The van der Waals surface area contributed by atoms with Crippen LogP contribution in [0.1, 0.15) is 48.9 Å². The average Bonchev–Trinajstić information content (AvgIpc) is 3.48. The molecule has 3 aliphatic rings. The van der Waals surface area contributed by atoms with Gasteiger partial charge in [-0.15, -0.1) is 0 Å². The predicted octanol–water partition coefficient (Wildman–Crippen LogP) is 2.76. The highest BCUT2D eigenvalue weighted by molar-refractivity contribution is 5.94. The number of rotatable bonds is 5. The van der Waals surface area contributed by atoms with Gasteiger partial charge >= 0.3 is 0 Å². The molecule has 1 aromatic carbocycles. The quantitative estimate of drug-likeness (QED) is 0.894. The van der Waals surface area contributed by atoms with Crippen LogP contribution in [0.5, 0.6) is 0 Å². The van der Waals surface area contributed by atoms with Gasteiger partial charge in [0.05, 0.1) is 0 Å². The van der Waals surface area contributed by atoms with E-state index in [1.807, 2.05) is 30.3 Å². The molecule has 0 unspecified atom stereocenters. The lowest BCUT2D eigenvalue weighted by atomic mass is 9.89. The second kappa shape index (κ2) is 7.88. The molecule has 1 heterocycles. The van der Waals surface area contributed by atoms with E-state index < -0.39 is 0 Å². The predicted molar refractivity (Wildman–Crippen MR) is 101 cm³/mol. The summed E-state index contributed by atoms with van der Waals surface area (Å²) in [6, 6.07) is 10.7. The zero-order valence-corrected chi connectivity index (χ0v) is 15.2. The largest absolute Gasteiger partial charge is 0.349 e. The minimum atomic E-state index is 0.0812. The summed E-state index contributed by atoms with van der Waals surface area (Å²) < 4.78 is 0. The Hall–Kier alpha value is -1.39. The summed E-state index contributed by atoms with van der Waals surface area (Å²) in [6.07, 6.45) is 7.60. The van der Waals surface area contributed by atoms with E-state index in [2.05, 4.69) is 15.1 Å². The Balaban J connectivity index is 1.19. The van der Waals surface area contributed by atoms with E-state index in [9.17, 15) is 4.79 Å². The maximum atomic E-state index is 12.3. The molecule has 2 saturated carbocycles. The fourth-order valence-corrected chi connectivity index (χ4v) is 4.42. The summed E-state index contributed by atoms with van der Waals surface area (Å²) in [4.78, 5) is 17.7. The van der Waals surface area contributed by atoms with Gasteiger partial charge in [-0.25, -0.2) is 0 Å². The molecule has 0 bridgehead atoms. The van der Waals surface area contributed by atoms with Crippen molar-refractivity contribution in [1.29, 1.82) is 0 Å². The molecule has 0 aromatic heterocycles. The molecular formula is C21H31N3O. The molecule has 1 aliphatic heterocycles. The van der Waals surface area contributed by atoms with Crippen LogP contribution in [0.4, 0.5) is 0 Å². The molecule has 1 aromatic rings. The standard InChI is InChI=1S/C21H31N3O/c25-21(18-4-2-1-3-5-18)22-19-8-10-20(11-9-19)24-14-12-23(13-15-24)16-17-6-7-17/h1-5,17,19-20H,6-16H2,(H,22,25)/t19-,20-. The second-order valence-corrected chi connectivity index (χ2v) is 8.12. The fraction of sp³-hybridized carbons (Fsp3) is 0.667. The molecule has 0 atom stereocenters. The number of carbonyl (C=O) groups is 1. The number of carbonyl (C=O) groups excluding carboxylic acids is 1. The van der Waals surface area contributed by atoms with Crippen LogP contribution < -0.4 is 5.32 Å². The molecule has 4 rings (SSSR count). The first-order chi connectivity index (χ1) is 12.3. The zero-order chi connectivity index (χ0) is 17.1. The van der Waals surface area contributed by atoms with Crippen LogP contribution in [0.2, 0.25) is 0 Å². The van der Waals surface area contributed by atoms with Crippen molar-refractivity contribution in [2.75, 3.05) is 32.7 Å².